The van der Waals surface area contributed by atoms with Crippen molar-refractivity contribution in [2.75, 3.05) is 0 Å². The van der Waals surface area contributed by atoms with Crippen LogP contribution in [0.1, 0.15) is 24.6 Å². The van der Waals surface area contributed by atoms with Gasteiger partial charge in [0.15, 0.2) is 5.69 Å². The summed E-state index contributed by atoms with van der Waals surface area (Å²) >= 11 is 1.53. The minimum atomic E-state index is -0.402. The molecule has 0 N–H and O–H groups in total. The maximum absolute atomic E-state index is 9.58. The molecule has 0 radical (unpaired) electrons. The van der Waals surface area contributed by atoms with Crippen molar-refractivity contribution in [1.82, 2.24) is 25.1 Å². The van der Waals surface area contributed by atoms with E-state index in [0.717, 1.165) is 10.4 Å². The fourth-order valence-electron chi connectivity index (χ4n) is 2.47. The normalized spacial score (nSPS) is 12.0. The van der Waals surface area contributed by atoms with Gasteiger partial charge in [0.25, 0.3) is 5.89 Å². The average molecular weight is 348 g/mol. The highest BCUT2D eigenvalue weighted by atomic mass is 32.1. The molecular formula is C17H12N6OS. The highest BCUT2D eigenvalue weighted by Gasteiger charge is 2.24. The fraction of sp³-hybridized carbons (Fsp3) is 0.118. The third-order valence-corrected chi connectivity index (χ3v) is 4.62. The summed E-state index contributed by atoms with van der Waals surface area (Å²) in [4.78, 5) is 5.34. The molecule has 7 nitrogen and oxygen atoms in total. The highest BCUT2D eigenvalue weighted by molar-refractivity contribution is 7.13. The lowest BCUT2D eigenvalue weighted by Gasteiger charge is -2.07. The topological polar surface area (TPSA) is 93.4 Å². The molecule has 3 heterocycles. The van der Waals surface area contributed by atoms with Crippen molar-refractivity contribution < 1.29 is 4.52 Å². The molecule has 1 unspecified atom stereocenters. The Morgan fingerprint density at radius 1 is 1.20 bits per heavy atom. The van der Waals surface area contributed by atoms with E-state index in [1.54, 1.807) is 0 Å². The Morgan fingerprint density at radius 3 is 2.76 bits per heavy atom. The van der Waals surface area contributed by atoms with Gasteiger partial charge in [-0.25, -0.2) is 4.68 Å². The lowest BCUT2D eigenvalue weighted by Crippen LogP contribution is -2.11. The molecule has 0 saturated heterocycles. The van der Waals surface area contributed by atoms with E-state index in [0.29, 0.717) is 23.1 Å². The predicted octanol–water partition coefficient (Wildman–Crippen LogP) is 3.54. The second-order valence-electron chi connectivity index (χ2n) is 5.32. The van der Waals surface area contributed by atoms with Crippen molar-refractivity contribution in [1.29, 1.82) is 5.26 Å². The molecule has 0 fully saturated rings. The Morgan fingerprint density at radius 2 is 2.04 bits per heavy atom. The first-order valence-electron chi connectivity index (χ1n) is 7.56. The molecule has 0 aliphatic rings. The summed E-state index contributed by atoms with van der Waals surface area (Å²) in [5.41, 5.74) is 1.73. The van der Waals surface area contributed by atoms with Crippen molar-refractivity contribution in [2.45, 2.75) is 13.0 Å². The summed E-state index contributed by atoms with van der Waals surface area (Å²) in [6.45, 7) is 1.84. The van der Waals surface area contributed by atoms with E-state index in [2.05, 4.69) is 26.5 Å². The summed E-state index contributed by atoms with van der Waals surface area (Å²) in [5.74, 6) is 0.906. The number of benzene rings is 1. The first-order valence-corrected chi connectivity index (χ1v) is 8.44. The van der Waals surface area contributed by atoms with Gasteiger partial charge in [-0.3, -0.25) is 0 Å². The lowest BCUT2D eigenvalue weighted by molar-refractivity contribution is 0.333. The average Bonchev–Trinajstić information content (AvgIpc) is 3.41. The number of hydrogen-bond acceptors (Lipinski definition) is 7. The molecule has 0 spiro atoms. The minimum absolute atomic E-state index is 0.356. The van der Waals surface area contributed by atoms with Gasteiger partial charge in [0, 0.05) is 5.56 Å². The Bertz CT molecular complexity index is 1030. The number of aromatic nitrogens is 5. The number of nitriles is 1. The van der Waals surface area contributed by atoms with Crippen molar-refractivity contribution in [3.05, 3.63) is 59.4 Å². The first kappa shape index (κ1) is 15.2. The van der Waals surface area contributed by atoms with Crippen LogP contribution in [-0.4, -0.2) is 25.1 Å². The number of nitrogens with zero attached hydrogens (tertiary/aromatic N) is 6. The quantitative estimate of drug-likeness (QED) is 0.560. The molecule has 1 atom stereocenters. The molecule has 25 heavy (non-hydrogen) atoms. The van der Waals surface area contributed by atoms with Crippen molar-refractivity contribution >= 4 is 11.3 Å². The maximum Gasteiger partial charge on any atom is 0.251 e. The Labute approximate surface area is 147 Å². The van der Waals surface area contributed by atoms with Crippen molar-refractivity contribution in [2.24, 2.45) is 0 Å². The van der Waals surface area contributed by atoms with Crippen LogP contribution in [0.15, 0.2) is 52.4 Å². The van der Waals surface area contributed by atoms with Crippen LogP contribution in [0.5, 0.6) is 0 Å². The monoisotopic (exact) mass is 348 g/mol. The largest absolute Gasteiger partial charge is 0.337 e. The van der Waals surface area contributed by atoms with E-state index in [1.165, 1.54) is 16.0 Å². The van der Waals surface area contributed by atoms with E-state index in [9.17, 15) is 5.26 Å². The molecule has 8 heteroatoms. The van der Waals surface area contributed by atoms with Gasteiger partial charge in [-0.15, -0.1) is 16.4 Å². The predicted molar refractivity (Wildman–Crippen MR) is 91.6 cm³/mol. The third-order valence-electron chi connectivity index (χ3n) is 3.76. The Balaban J connectivity index is 1.71. The van der Waals surface area contributed by atoms with Crippen LogP contribution in [0, 0.1) is 11.3 Å². The summed E-state index contributed by atoms with van der Waals surface area (Å²) in [6, 6.07) is 15.1. The molecule has 0 aliphatic carbocycles. The maximum atomic E-state index is 9.58. The zero-order valence-corrected chi connectivity index (χ0v) is 14.0. The fourth-order valence-corrected chi connectivity index (χ4v) is 3.12. The summed E-state index contributed by atoms with van der Waals surface area (Å²) in [7, 11) is 0. The summed E-state index contributed by atoms with van der Waals surface area (Å²) in [6.07, 6.45) is 0. The van der Waals surface area contributed by atoms with E-state index in [4.69, 9.17) is 4.52 Å². The molecule has 122 valence electrons. The number of hydrogen-bond donors (Lipinski definition) is 0. The molecule has 0 bridgehead atoms. The molecule has 4 rings (SSSR count). The van der Waals surface area contributed by atoms with Crippen LogP contribution >= 0.6 is 11.3 Å². The number of thiophene rings is 1. The van der Waals surface area contributed by atoms with Crippen molar-refractivity contribution in [3.63, 3.8) is 0 Å². The van der Waals surface area contributed by atoms with Gasteiger partial charge in [0.2, 0.25) is 5.82 Å². The third kappa shape index (κ3) is 2.70. The van der Waals surface area contributed by atoms with Gasteiger partial charge in [-0.2, -0.15) is 10.2 Å². The molecule has 3 aromatic heterocycles. The van der Waals surface area contributed by atoms with Gasteiger partial charge < -0.3 is 4.52 Å². The lowest BCUT2D eigenvalue weighted by atomic mass is 10.1. The summed E-state index contributed by atoms with van der Waals surface area (Å²) in [5, 5.41) is 23.8. The minimum Gasteiger partial charge on any atom is -0.337 e. The number of rotatable bonds is 4. The molecule has 4 aromatic rings. The Kier molecular flexibility index (Phi) is 3.84. The SMILES string of the molecule is CC(c1nc(-c2cccs2)no1)n1nnc(-c2ccccc2)c1C#N. The van der Waals surface area contributed by atoms with Crippen LogP contribution in [0.3, 0.4) is 0 Å². The second kappa shape index (κ2) is 6.30. The van der Waals surface area contributed by atoms with Gasteiger partial charge in [0.1, 0.15) is 17.8 Å². The highest BCUT2D eigenvalue weighted by Crippen LogP contribution is 2.27. The molecule has 0 saturated carbocycles. The van der Waals surface area contributed by atoms with Crippen LogP contribution < -0.4 is 0 Å². The van der Waals surface area contributed by atoms with Gasteiger partial charge in [-0.1, -0.05) is 46.8 Å². The summed E-state index contributed by atoms with van der Waals surface area (Å²) < 4.78 is 6.87. The molecule has 0 amide bonds. The molecular weight excluding hydrogens is 336 g/mol. The zero-order chi connectivity index (χ0) is 17.2. The van der Waals surface area contributed by atoms with Crippen LogP contribution in [-0.2, 0) is 0 Å². The zero-order valence-electron chi connectivity index (χ0n) is 13.2. The van der Waals surface area contributed by atoms with Gasteiger partial charge in [0.05, 0.1) is 4.88 Å². The van der Waals surface area contributed by atoms with Gasteiger partial charge >= 0.3 is 0 Å². The van der Waals surface area contributed by atoms with E-state index < -0.39 is 6.04 Å². The van der Waals surface area contributed by atoms with E-state index in [-0.39, 0.29) is 0 Å². The molecule has 0 aliphatic heterocycles. The van der Waals surface area contributed by atoms with E-state index in [1.807, 2.05) is 54.8 Å². The van der Waals surface area contributed by atoms with Crippen LogP contribution in [0.2, 0.25) is 0 Å². The van der Waals surface area contributed by atoms with Gasteiger partial charge in [-0.05, 0) is 18.4 Å². The first-order chi connectivity index (χ1) is 12.3. The van der Waals surface area contributed by atoms with E-state index >= 15 is 0 Å². The van der Waals surface area contributed by atoms with Crippen LogP contribution in [0.4, 0.5) is 0 Å². The van der Waals surface area contributed by atoms with Crippen molar-refractivity contribution in [3.8, 4) is 28.0 Å². The second-order valence-corrected chi connectivity index (χ2v) is 6.27. The molecule has 1 aromatic carbocycles. The smallest absolute Gasteiger partial charge is 0.251 e. The Hall–Kier alpha value is -3.31. The van der Waals surface area contributed by atoms with Crippen LogP contribution in [0.25, 0.3) is 22.0 Å². The standard InChI is InChI=1S/C17H12N6OS/c1-11(17-19-16(21-24-17)14-8-5-9-25-14)23-13(10-18)15(20-22-23)12-6-3-2-4-7-12/h2-9,11H,1H3.